The molecule has 2 aromatic carbocycles. The average Bonchev–Trinajstić information content (AvgIpc) is 3.13. The van der Waals surface area contributed by atoms with Crippen molar-refractivity contribution in [2.45, 2.75) is 32.3 Å². The molecule has 0 saturated heterocycles. The van der Waals surface area contributed by atoms with Gasteiger partial charge in [-0.3, -0.25) is 4.57 Å². The Labute approximate surface area is 184 Å². The largest absolute Gasteiger partial charge is 0.466 e. The van der Waals surface area contributed by atoms with Crippen molar-refractivity contribution in [2.75, 3.05) is 7.11 Å². The van der Waals surface area contributed by atoms with Crippen LogP contribution in [0.5, 0.6) is 0 Å². The Morgan fingerprint density at radius 3 is 2.40 bits per heavy atom. The third-order valence-corrected chi connectivity index (χ3v) is 5.08. The number of methoxy groups -OCH3 is 1. The first-order chi connectivity index (χ1) is 14.2. The zero-order valence-electron chi connectivity index (χ0n) is 17.4. The lowest BCUT2D eigenvalue weighted by atomic mass is 9.89. The fourth-order valence-electron chi connectivity index (χ4n) is 3.24. The second kappa shape index (κ2) is 8.88. The molecule has 156 valence electrons. The summed E-state index contributed by atoms with van der Waals surface area (Å²) in [6.45, 7) is 5.51. The summed E-state index contributed by atoms with van der Waals surface area (Å²) in [5, 5.41) is 0.908. The number of nitrogens with zero attached hydrogens (tertiary/aromatic N) is 1. The van der Waals surface area contributed by atoms with Gasteiger partial charge < -0.3 is 9.47 Å². The van der Waals surface area contributed by atoms with Gasteiger partial charge >= 0.3 is 12.1 Å². The van der Waals surface area contributed by atoms with Crippen molar-refractivity contribution in [3.05, 3.63) is 82.5 Å². The molecular formula is C24H24BrNO4. The first-order valence-corrected chi connectivity index (χ1v) is 10.3. The van der Waals surface area contributed by atoms with Crippen molar-refractivity contribution in [1.29, 1.82) is 0 Å². The lowest BCUT2D eigenvalue weighted by Crippen LogP contribution is -2.26. The van der Waals surface area contributed by atoms with Gasteiger partial charge in [-0.15, -0.1) is 0 Å². The fraction of sp³-hybridized carbons (Fsp3) is 0.250. The summed E-state index contributed by atoms with van der Waals surface area (Å²) in [6, 6.07) is 15.6. The van der Waals surface area contributed by atoms with Crippen LogP contribution < -0.4 is 0 Å². The minimum absolute atomic E-state index is 0.199. The fourth-order valence-corrected chi connectivity index (χ4v) is 3.50. The molecule has 0 radical (unpaired) electrons. The van der Waals surface area contributed by atoms with E-state index in [1.807, 2.05) is 75.4 Å². The van der Waals surface area contributed by atoms with Crippen LogP contribution in [0, 0.1) is 0 Å². The Morgan fingerprint density at radius 2 is 1.77 bits per heavy atom. The Bertz CT molecular complexity index is 1090. The number of fused-ring (bicyclic) bond motifs is 1. The van der Waals surface area contributed by atoms with Gasteiger partial charge in [0.15, 0.2) is 0 Å². The van der Waals surface area contributed by atoms with Crippen molar-refractivity contribution in [2.24, 2.45) is 0 Å². The maximum atomic E-state index is 12.6. The molecule has 0 amide bonds. The number of ether oxygens (including phenoxy) is 2. The zero-order valence-corrected chi connectivity index (χ0v) is 19.0. The van der Waals surface area contributed by atoms with Crippen molar-refractivity contribution in [3.8, 4) is 0 Å². The number of carbonyl (C=O) groups is 2. The maximum absolute atomic E-state index is 12.6. The number of hydrogen-bond donors (Lipinski definition) is 0. The molecule has 0 saturated carbocycles. The number of carbonyl (C=O) groups excluding carboxylic acids is 2. The summed E-state index contributed by atoms with van der Waals surface area (Å²) in [5.74, 6) is -0.619. The van der Waals surface area contributed by atoms with Gasteiger partial charge in [-0.05, 0) is 56.2 Å². The van der Waals surface area contributed by atoms with Crippen LogP contribution >= 0.6 is 15.9 Å². The molecule has 0 fully saturated rings. The van der Waals surface area contributed by atoms with Crippen molar-refractivity contribution in [1.82, 2.24) is 4.57 Å². The van der Waals surface area contributed by atoms with Crippen LogP contribution in [-0.2, 0) is 14.3 Å². The standard InChI is InChI=1S/C24H24BrNO4/c1-24(2,3)30-23(28)26-15-14-20-19(6-5-7-21(20)26)18(12-13-22(27)29-4)16-8-10-17(25)11-9-16/h5-15,18H,1-4H3/b13-12+/t18-/m0/s1. The van der Waals surface area contributed by atoms with Crippen LogP contribution in [0.2, 0.25) is 0 Å². The predicted molar refractivity (Wildman–Crippen MR) is 121 cm³/mol. The molecule has 30 heavy (non-hydrogen) atoms. The van der Waals surface area contributed by atoms with Crippen LogP contribution in [0.4, 0.5) is 4.79 Å². The topological polar surface area (TPSA) is 57.5 Å². The van der Waals surface area contributed by atoms with E-state index in [1.54, 1.807) is 6.20 Å². The lowest BCUT2D eigenvalue weighted by molar-refractivity contribution is -0.134. The molecule has 0 N–H and O–H groups in total. The number of halogens is 1. The van der Waals surface area contributed by atoms with Crippen LogP contribution in [0.15, 0.2) is 71.4 Å². The summed E-state index contributed by atoms with van der Waals surface area (Å²) in [5.41, 5.74) is 2.14. The summed E-state index contributed by atoms with van der Waals surface area (Å²) >= 11 is 3.46. The van der Waals surface area contributed by atoms with E-state index in [4.69, 9.17) is 9.47 Å². The molecule has 3 aromatic rings. The number of esters is 1. The van der Waals surface area contributed by atoms with E-state index in [0.717, 1.165) is 26.5 Å². The first kappa shape index (κ1) is 21.8. The second-order valence-corrected chi connectivity index (χ2v) is 8.77. The van der Waals surface area contributed by atoms with Gasteiger partial charge in [0, 0.05) is 28.0 Å². The Balaban J connectivity index is 2.10. The van der Waals surface area contributed by atoms with Gasteiger partial charge in [0.1, 0.15) is 5.60 Å². The van der Waals surface area contributed by atoms with E-state index < -0.39 is 17.7 Å². The molecule has 0 aliphatic carbocycles. The van der Waals surface area contributed by atoms with E-state index >= 15 is 0 Å². The minimum Gasteiger partial charge on any atom is -0.466 e. The zero-order chi connectivity index (χ0) is 21.9. The Morgan fingerprint density at radius 1 is 1.07 bits per heavy atom. The summed E-state index contributed by atoms with van der Waals surface area (Å²) < 4.78 is 12.8. The van der Waals surface area contributed by atoms with E-state index in [9.17, 15) is 9.59 Å². The van der Waals surface area contributed by atoms with Gasteiger partial charge in [-0.2, -0.15) is 0 Å². The molecule has 3 rings (SSSR count). The van der Waals surface area contributed by atoms with Gasteiger partial charge in [0.25, 0.3) is 0 Å². The van der Waals surface area contributed by atoms with E-state index in [2.05, 4.69) is 15.9 Å². The molecule has 0 unspecified atom stereocenters. The van der Waals surface area contributed by atoms with Crippen molar-refractivity contribution in [3.63, 3.8) is 0 Å². The molecule has 6 heteroatoms. The summed E-state index contributed by atoms with van der Waals surface area (Å²) in [4.78, 5) is 24.4. The highest BCUT2D eigenvalue weighted by Crippen LogP contribution is 2.33. The molecule has 0 aliphatic heterocycles. The number of hydrogen-bond acceptors (Lipinski definition) is 4. The molecule has 0 bridgehead atoms. The third kappa shape index (κ3) is 5.00. The van der Waals surface area contributed by atoms with Crippen molar-refractivity contribution < 1.29 is 19.1 Å². The molecule has 5 nitrogen and oxygen atoms in total. The molecule has 0 spiro atoms. The summed E-state index contributed by atoms with van der Waals surface area (Å²) in [6.07, 6.45) is 4.52. The van der Waals surface area contributed by atoms with Gasteiger partial charge in [0.05, 0.1) is 12.6 Å². The maximum Gasteiger partial charge on any atom is 0.418 e. The normalized spacial score (nSPS) is 12.8. The van der Waals surface area contributed by atoms with Gasteiger partial charge in [-0.1, -0.05) is 46.3 Å². The van der Waals surface area contributed by atoms with Crippen LogP contribution in [0.25, 0.3) is 10.9 Å². The van der Waals surface area contributed by atoms with E-state index in [0.29, 0.717) is 0 Å². The highest BCUT2D eigenvalue weighted by molar-refractivity contribution is 9.10. The highest BCUT2D eigenvalue weighted by Gasteiger charge is 2.21. The number of rotatable bonds is 4. The highest BCUT2D eigenvalue weighted by atomic mass is 79.9. The molecule has 1 aromatic heterocycles. The van der Waals surface area contributed by atoms with Crippen molar-refractivity contribution >= 4 is 38.9 Å². The smallest absolute Gasteiger partial charge is 0.418 e. The van der Waals surface area contributed by atoms with Crippen LogP contribution in [0.1, 0.15) is 37.8 Å². The summed E-state index contributed by atoms with van der Waals surface area (Å²) in [7, 11) is 1.35. The molecule has 0 aliphatic rings. The van der Waals surface area contributed by atoms with Gasteiger partial charge in [0.2, 0.25) is 0 Å². The number of allylic oxidation sites excluding steroid dienone is 1. The Hall–Kier alpha value is -2.86. The Kier molecular flexibility index (Phi) is 6.46. The first-order valence-electron chi connectivity index (χ1n) is 9.54. The second-order valence-electron chi connectivity index (χ2n) is 7.86. The quantitative estimate of drug-likeness (QED) is 0.344. The molecule has 1 atom stereocenters. The number of benzene rings is 2. The van der Waals surface area contributed by atoms with Crippen LogP contribution in [0.3, 0.4) is 0 Å². The lowest BCUT2D eigenvalue weighted by Gasteiger charge is -2.20. The average molecular weight is 470 g/mol. The van der Waals surface area contributed by atoms with Crippen LogP contribution in [-0.4, -0.2) is 29.3 Å². The monoisotopic (exact) mass is 469 g/mol. The minimum atomic E-state index is -0.589. The SMILES string of the molecule is COC(=O)/C=C/[C@@H](c1ccc(Br)cc1)c1cccc2c1ccn2C(=O)OC(C)(C)C. The molecule has 1 heterocycles. The van der Waals surface area contributed by atoms with E-state index in [-0.39, 0.29) is 5.92 Å². The van der Waals surface area contributed by atoms with Gasteiger partial charge in [-0.25, -0.2) is 9.59 Å². The third-order valence-electron chi connectivity index (χ3n) is 4.55. The van der Waals surface area contributed by atoms with E-state index in [1.165, 1.54) is 17.8 Å². The molecular weight excluding hydrogens is 446 g/mol. The number of aromatic nitrogens is 1. The predicted octanol–water partition coefficient (Wildman–Crippen LogP) is 6.05.